The molecular weight excluding hydrogens is 268 g/mol. The highest BCUT2D eigenvalue weighted by Crippen LogP contribution is 2.27. The quantitative estimate of drug-likeness (QED) is 0.859. The van der Waals surface area contributed by atoms with Gasteiger partial charge in [-0.25, -0.2) is 4.79 Å². The molecule has 1 N–H and O–H groups in total. The average Bonchev–Trinajstić information content (AvgIpc) is 2.71. The van der Waals surface area contributed by atoms with Gasteiger partial charge in [0.2, 0.25) is 0 Å². The van der Waals surface area contributed by atoms with E-state index in [4.69, 9.17) is 11.6 Å². The van der Waals surface area contributed by atoms with Crippen LogP contribution in [-0.2, 0) is 17.9 Å². The van der Waals surface area contributed by atoms with Crippen LogP contribution in [0.4, 0.5) is 4.79 Å². The Morgan fingerprint density at radius 1 is 1.37 bits per heavy atom. The summed E-state index contributed by atoms with van der Waals surface area (Å²) in [5, 5.41) is 7.17. The summed E-state index contributed by atoms with van der Waals surface area (Å²) in [4.78, 5) is 25.0. The topological polar surface area (TPSA) is 67.2 Å². The number of halogens is 1. The summed E-state index contributed by atoms with van der Waals surface area (Å²) >= 11 is 6.22. The second kappa shape index (κ2) is 4.52. The monoisotopic (exact) mass is 284 g/mol. The third-order valence-corrected chi connectivity index (χ3v) is 3.95. The van der Waals surface area contributed by atoms with Crippen molar-refractivity contribution >= 4 is 23.5 Å². The summed E-state index contributed by atoms with van der Waals surface area (Å²) in [6, 6.07) is -0.396. The molecule has 0 unspecified atom stereocenters. The van der Waals surface area contributed by atoms with Crippen LogP contribution in [-0.4, -0.2) is 32.2 Å². The number of urea groups is 1. The molecule has 0 aliphatic carbocycles. The number of hydrogen-bond donors (Lipinski definition) is 1. The van der Waals surface area contributed by atoms with Crippen LogP contribution in [0, 0.1) is 6.92 Å². The van der Waals surface area contributed by atoms with Crippen LogP contribution >= 0.6 is 11.6 Å². The van der Waals surface area contributed by atoms with Crippen molar-refractivity contribution in [2.75, 3.05) is 0 Å². The molecule has 19 heavy (non-hydrogen) atoms. The Bertz CT molecular complexity index is 550. The number of nitrogens with one attached hydrogen (secondary N) is 1. The Balaban J connectivity index is 2.36. The summed E-state index contributed by atoms with van der Waals surface area (Å²) in [6.07, 6.45) is 0. The fourth-order valence-electron chi connectivity index (χ4n) is 2.13. The van der Waals surface area contributed by atoms with Gasteiger partial charge < -0.3 is 4.90 Å². The maximum Gasteiger partial charge on any atom is 0.325 e. The van der Waals surface area contributed by atoms with Gasteiger partial charge in [0.25, 0.3) is 5.91 Å². The van der Waals surface area contributed by atoms with Crippen molar-refractivity contribution < 1.29 is 9.59 Å². The van der Waals surface area contributed by atoms with Crippen LogP contribution in [0.15, 0.2) is 0 Å². The van der Waals surface area contributed by atoms with E-state index in [9.17, 15) is 9.59 Å². The number of imide groups is 1. The molecule has 0 bridgehead atoms. The third-order valence-electron chi connectivity index (χ3n) is 3.46. The van der Waals surface area contributed by atoms with Crippen LogP contribution in [0.25, 0.3) is 0 Å². The molecule has 7 heteroatoms. The van der Waals surface area contributed by atoms with Crippen molar-refractivity contribution in [2.24, 2.45) is 0 Å². The number of carbonyl (C=O) groups excluding carboxylic acids is 2. The van der Waals surface area contributed by atoms with Gasteiger partial charge in [-0.2, -0.15) is 5.10 Å². The Morgan fingerprint density at radius 2 is 2.00 bits per heavy atom. The minimum Gasteiger partial charge on any atom is -0.304 e. The zero-order valence-electron chi connectivity index (χ0n) is 11.5. The number of amides is 3. The van der Waals surface area contributed by atoms with Gasteiger partial charge in [-0.3, -0.25) is 14.8 Å². The highest BCUT2D eigenvalue weighted by atomic mass is 35.5. The van der Waals surface area contributed by atoms with Crippen LogP contribution in [0.1, 0.15) is 32.2 Å². The summed E-state index contributed by atoms with van der Waals surface area (Å²) in [5.41, 5.74) is 0.596. The highest BCUT2D eigenvalue weighted by Gasteiger charge is 2.45. The van der Waals surface area contributed by atoms with E-state index in [0.29, 0.717) is 11.6 Å². The van der Waals surface area contributed by atoms with Crippen molar-refractivity contribution in [3.8, 4) is 0 Å². The second-order valence-electron chi connectivity index (χ2n) is 5.07. The molecule has 6 nitrogen and oxygen atoms in total. The summed E-state index contributed by atoms with van der Waals surface area (Å²) in [7, 11) is 0. The number of rotatable bonds is 3. The van der Waals surface area contributed by atoms with Crippen molar-refractivity contribution in [1.29, 1.82) is 0 Å². The van der Waals surface area contributed by atoms with Gasteiger partial charge in [0.05, 0.1) is 23.0 Å². The molecular formula is C12H17ClN4O2. The van der Waals surface area contributed by atoms with Gasteiger partial charge in [-0.15, -0.1) is 0 Å². The first-order chi connectivity index (χ1) is 8.78. The van der Waals surface area contributed by atoms with Gasteiger partial charge in [0, 0.05) is 6.54 Å². The molecule has 0 saturated carbocycles. The van der Waals surface area contributed by atoms with Crippen LogP contribution in [0.2, 0.25) is 5.02 Å². The first kappa shape index (κ1) is 13.9. The van der Waals surface area contributed by atoms with Crippen molar-refractivity contribution in [3.63, 3.8) is 0 Å². The molecule has 0 aromatic carbocycles. The molecule has 1 aromatic heterocycles. The highest BCUT2D eigenvalue weighted by molar-refractivity contribution is 6.31. The lowest BCUT2D eigenvalue weighted by atomic mass is 10.0. The average molecular weight is 285 g/mol. The second-order valence-corrected chi connectivity index (χ2v) is 5.44. The number of aromatic nitrogens is 2. The first-order valence-corrected chi connectivity index (χ1v) is 6.51. The minimum absolute atomic E-state index is 0.262. The van der Waals surface area contributed by atoms with E-state index in [1.54, 1.807) is 18.5 Å². The molecule has 104 valence electrons. The van der Waals surface area contributed by atoms with Crippen molar-refractivity contribution in [3.05, 3.63) is 16.4 Å². The molecule has 1 aliphatic heterocycles. The molecule has 3 amide bonds. The van der Waals surface area contributed by atoms with Crippen LogP contribution in [0.5, 0.6) is 0 Å². The van der Waals surface area contributed by atoms with Crippen molar-refractivity contribution in [2.45, 2.75) is 46.3 Å². The Kier molecular flexibility index (Phi) is 3.30. The Hall–Kier alpha value is -1.56. The largest absolute Gasteiger partial charge is 0.325 e. The molecule has 1 aliphatic rings. The summed E-state index contributed by atoms with van der Waals surface area (Å²) < 4.78 is 1.75. The number of nitrogens with zero attached hydrogens (tertiary/aromatic N) is 3. The standard InChI is InChI=1S/C12H17ClN4O2/c1-5-17-8(9(13)7(2)15-17)6-16-11(19)14-10(18)12(16,3)4/h5-6H2,1-4H3,(H,14,18,19). The molecule has 1 aromatic rings. The molecule has 2 heterocycles. The van der Waals surface area contributed by atoms with Gasteiger partial charge in [0.1, 0.15) is 5.54 Å². The van der Waals surface area contributed by atoms with Crippen LogP contribution in [0.3, 0.4) is 0 Å². The fraction of sp³-hybridized carbons (Fsp3) is 0.583. The molecule has 0 spiro atoms. The van der Waals surface area contributed by atoms with E-state index < -0.39 is 11.6 Å². The van der Waals surface area contributed by atoms with E-state index in [2.05, 4.69) is 10.4 Å². The lowest BCUT2D eigenvalue weighted by molar-refractivity contribution is -0.125. The summed E-state index contributed by atoms with van der Waals surface area (Å²) in [6.45, 7) is 8.11. The number of carbonyl (C=O) groups is 2. The van der Waals surface area contributed by atoms with E-state index in [-0.39, 0.29) is 12.5 Å². The van der Waals surface area contributed by atoms with Gasteiger partial charge >= 0.3 is 6.03 Å². The van der Waals surface area contributed by atoms with Crippen molar-refractivity contribution in [1.82, 2.24) is 20.0 Å². The maximum absolute atomic E-state index is 11.8. The van der Waals surface area contributed by atoms with E-state index in [1.807, 2.05) is 13.8 Å². The maximum atomic E-state index is 11.8. The smallest absolute Gasteiger partial charge is 0.304 e. The zero-order chi connectivity index (χ0) is 14.4. The predicted octanol–water partition coefficient (Wildman–Crippen LogP) is 1.70. The fourth-order valence-corrected chi connectivity index (χ4v) is 2.33. The molecule has 0 radical (unpaired) electrons. The Labute approximate surface area is 116 Å². The molecule has 1 fully saturated rings. The normalized spacial score (nSPS) is 18.1. The number of aryl methyl sites for hydroxylation is 2. The van der Waals surface area contributed by atoms with E-state index >= 15 is 0 Å². The predicted molar refractivity (Wildman–Crippen MR) is 70.8 cm³/mol. The SMILES string of the molecule is CCn1nc(C)c(Cl)c1CN1C(=O)NC(=O)C1(C)C. The molecule has 2 rings (SSSR count). The Morgan fingerprint density at radius 3 is 2.47 bits per heavy atom. The van der Waals surface area contributed by atoms with Gasteiger partial charge in [0.15, 0.2) is 0 Å². The lowest BCUT2D eigenvalue weighted by Crippen LogP contribution is -2.44. The van der Waals surface area contributed by atoms with Gasteiger partial charge in [-0.05, 0) is 27.7 Å². The number of hydrogen-bond acceptors (Lipinski definition) is 3. The van der Waals surface area contributed by atoms with E-state index in [0.717, 1.165) is 11.4 Å². The first-order valence-electron chi connectivity index (χ1n) is 6.13. The van der Waals surface area contributed by atoms with Crippen LogP contribution < -0.4 is 5.32 Å². The minimum atomic E-state index is -0.878. The van der Waals surface area contributed by atoms with E-state index in [1.165, 1.54) is 4.90 Å². The molecule has 0 atom stereocenters. The van der Waals surface area contributed by atoms with Gasteiger partial charge in [-0.1, -0.05) is 11.6 Å². The summed E-state index contributed by atoms with van der Waals surface area (Å²) in [5.74, 6) is -0.298. The molecule has 1 saturated heterocycles. The third kappa shape index (κ3) is 2.10. The lowest BCUT2D eigenvalue weighted by Gasteiger charge is -2.28. The zero-order valence-corrected chi connectivity index (χ0v) is 12.2.